The van der Waals surface area contributed by atoms with Gasteiger partial charge in [-0.15, -0.1) is 0 Å². The number of rotatable bonds is 2. The summed E-state index contributed by atoms with van der Waals surface area (Å²) < 4.78 is 14.2. The Kier molecular flexibility index (Phi) is 3.20. The maximum absolute atomic E-state index is 14.2. The van der Waals surface area contributed by atoms with Gasteiger partial charge in [0, 0.05) is 0 Å². The first-order valence-electron chi connectivity index (χ1n) is 6.96. The van der Waals surface area contributed by atoms with Gasteiger partial charge in [-0.1, -0.05) is 17.7 Å². The average molecular weight is 311 g/mol. The minimum Gasteiger partial charge on any atom is -0.340 e. The smallest absolute Gasteiger partial charge is 0.253 e. The minimum atomic E-state index is -0.977. The molecule has 1 aliphatic carbocycles. The first kappa shape index (κ1) is 14.3. The van der Waals surface area contributed by atoms with E-state index in [0.717, 1.165) is 12.8 Å². The summed E-state index contributed by atoms with van der Waals surface area (Å²) in [5.41, 5.74) is -0.992. The molecule has 0 radical (unpaired) electrons. The number of nitrogens with one attached hydrogen (secondary N) is 1. The van der Waals surface area contributed by atoms with Crippen molar-refractivity contribution >= 4 is 29.1 Å². The van der Waals surface area contributed by atoms with Crippen molar-refractivity contribution in [1.29, 1.82) is 0 Å². The predicted molar refractivity (Wildman–Crippen MR) is 77.6 cm³/mol. The van der Waals surface area contributed by atoms with Crippen LogP contribution in [0.4, 0.5) is 10.1 Å². The molecule has 2 unspecified atom stereocenters. The van der Waals surface area contributed by atoms with E-state index in [1.165, 1.54) is 23.1 Å². The standard InChI is InChI=1S/C15H16ClFN2O2/c1-8-13(20)18-15(2,9-6-7-9)14(21)19(8)12-10(16)4-3-5-11(12)17/h3-5,8-9H,6-7H2,1-2H3,(H,18,20). The Labute approximate surface area is 127 Å². The van der Waals surface area contributed by atoms with Gasteiger partial charge >= 0.3 is 0 Å². The van der Waals surface area contributed by atoms with E-state index in [-0.39, 0.29) is 28.4 Å². The minimum absolute atomic E-state index is 0.0154. The Morgan fingerprint density at radius 3 is 2.62 bits per heavy atom. The Bertz CT molecular complexity index is 612. The summed E-state index contributed by atoms with van der Waals surface area (Å²) >= 11 is 6.06. The lowest BCUT2D eigenvalue weighted by Crippen LogP contribution is -2.70. The lowest BCUT2D eigenvalue weighted by atomic mass is 9.89. The number of piperazine rings is 1. The van der Waals surface area contributed by atoms with Crippen molar-refractivity contribution in [3.8, 4) is 0 Å². The zero-order valence-corrected chi connectivity index (χ0v) is 12.6. The monoisotopic (exact) mass is 310 g/mol. The van der Waals surface area contributed by atoms with Gasteiger partial charge < -0.3 is 5.32 Å². The van der Waals surface area contributed by atoms with Gasteiger partial charge in [-0.25, -0.2) is 4.39 Å². The summed E-state index contributed by atoms with van der Waals surface area (Å²) in [5, 5.41) is 2.93. The SMILES string of the molecule is CC1C(=O)NC(C)(C2CC2)C(=O)N1c1c(F)cccc1Cl. The first-order chi connectivity index (χ1) is 9.86. The van der Waals surface area contributed by atoms with Crippen molar-refractivity contribution in [2.24, 2.45) is 5.92 Å². The fourth-order valence-electron chi connectivity index (χ4n) is 2.91. The normalized spacial score (nSPS) is 29.5. The number of amides is 2. The maximum atomic E-state index is 14.2. The lowest BCUT2D eigenvalue weighted by molar-refractivity contribution is -0.138. The molecule has 0 aromatic heterocycles. The van der Waals surface area contributed by atoms with Gasteiger partial charge in [-0.3, -0.25) is 14.5 Å². The molecule has 21 heavy (non-hydrogen) atoms. The number of nitrogens with zero attached hydrogens (tertiary/aromatic N) is 1. The third-order valence-corrected chi connectivity index (χ3v) is 4.69. The number of hydrogen-bond acceptors (Lipinski definition) is 2. The molecule has 2 amide bonds. The van der Waals surface area contributed by atoms with Crippen LogP contribution in [0.15, 0.2) is 18.2 Å². The van der Waals surface area contributed by atoms with E-state index >= 15 is 0 Å². The quantitative estimate of drug-likeness (QED) is 0.912. The molecule has 0 spiro atoms. The third kappa shape index (κ3) is 2.11. The van der Waals surface area contributed by atoms with Crippen molar-refractivity contribution in [2.75, 3.05) is 4.90 Å². The van der Waals surface area contributed by atoms with Gasteiger partial charge in [0.1, 0.15) is 17.4 Å². The number of anilines is 1. The zero-order chi connectivity index (χ0) is 15.4. The largest absolute Gasteiger partial charge is 0.340 e. The van der Waals surface area contributed by atoms with Crippen molar-refractivity contribution in [3.63, 3.8) is 0 Å². The third-order valence-electron chi connectivity index (χ3n) is 4.38. The molecule has 2 atom stereocenters. The van der Waals surface area contributed by atoms with Crippen LogP contribution in [-0.2, 0) is 9.59 Å². The fraction of sp³-hybridized carbons (Fsp3) is 0.467. The van der Waals surface area contributed by atoms with Crippen LogP contribution in [0, 0.1) is 11.7 Å². The highest BCUT2D eigenvalue weighted by Gasteiger charge is 2.55. The Balaban J connectivity index is 2.10. The molecule has 1 aliphatic heterocycles. The molecule has 6 heteroatoms. The fourth-order valence-corrected chi connectivity index (χ4v) is 3.16. The Morgan fingerprint density at radius 1 is 1.38 bits per heavy atom. The average Bonchev–Trinajstić information content (AvgIpc) is 3.24. The molecule has 2 aliphatic rings. The van der Waals surface area contributed by atoms with Gasteiger partial charge in [0.25, 0.3) is 5.91 Å². The summed E-state index contributed by atoms with van der Waals surface area (Å²) in [4.78, 5) is 26.3. The molecule has 1 aromatic rings. The van der Waals surface area contributed by atoms with Crippen molar-refractivity contribution < 1.29 is 14.0 Å². The summed E-state index contributed by atoms with van der Waals surface area (Å²) in [6.45, 7) is 3.28. The second kappa shape index (κ2) is 4.70. The van der Waals surface area contributed by atoms with E-state index in [0.29, 0.717) is 0 Å². The van der Waals surface area contributed by atoms with Crippen LogP contribution in [-0.4, -0.2) is 23.4 Å². The van der Waals surface area contributed by atoms with Crippen LogP contribution < -0.4 is 10.2 Å². The summed E-state index contributed by atoms with van der Waals surface area (Å²) in [6.07, 6.45) is 1.77. The molecular formula is C15H16ClFN2O2. The van der Waals surface area contributed by atoms with Crippen molar-refractivity contribution in [2.45, 2.75) is 38.3 Å². The van der Waals surface area contributed by atoms with Gasteiger partial charge in [0.15, 0.2) is 0 Å². The van der Waals surface area contributed by atoms with Crippen molar-refractivity contribution in [3.05, 3.63) is 29.0 Å². The van der Waals surface area contributed by atoms with E-state index in [4.69, 9.17) is 11.6 Å². The number of carbonyl (C=O) groups excluding carboxylic acids is 2. The topological polar surface area (TPSA) is 49.4 Å². The van der Waals surface area contributed by atoms with Crippen LogP contribution >= 0.6 is 11.6 Å². The van der Waals surface area contributed by atoms with Crippen LogP contribution in [0.25, 0.3) is 0 Å². The van der Waals surface area contributed by atoms with Gasteiger partial charge in [-0.2, -0.15) is 0 Å². The molecule has 2 fully saturated rings. The molecule has 1 N–H and O–H groups in total. The first-order valence-corrected chi connectivity index (χ1v) is 7.33. The maximum Gasteiger partial charge on any atom is 0.253 e. The summed E-state index contributed by atoms with van der Waals surface area (Å²) in [5.74, 6) is -1.09. The second-order valence-electron chi connectivity index (χ2n) is 5.89. The zero-order valence-electron chi connectivity index (χ0n) is 11.8. The number of halogens is 2. The van der Waals surface area contributed by atoms with Gasteiger partial charge in [0.2, 0.25) is 5.91 Å². The van der Waals surface area contributed by atoms with Gasteiger partial charge in [-0.05, 0) is 44.7 Å². The summed E-state index contributed by atoms with van der Waals surface area (Å²) in [7, 11) is 0. The number of benzene rings is 1. The Hall–Kier alpha value is -1.62. The Morgan fingerprint density at radius 2 is 2.05 bits per heavy atom. The van der Waals surface area contributed by atoms with Crippen LogP contribution in [0.3, 0.4) is 0 Å². The van der Waals surface area contributed by atoms with E-state index in [1.54, 1.807) is 13.8 Å². The second-order valence-corrected chi connectivity index (χ2v) is 6.29. The van der Waals surface area contributed by atoms with E-state index in [9.17, 15) is 14.0 Å². The van der Waals surface area contributed by atoms with Crippen LogP contribution in [0.5, 0.6) is 0 Å². The summed E-state index contributed by atoms with van der Waals surface area (Å²) in [6, 6.07) is 3.43. The predicted octanol–water partition coefficient (Wildman–Crippen LogP) is 2.50. The van der Waals surface area contributed by atoms with Crippen molar-refractivity contribution in [1.82, 2.24) is 5.32 Å². The molecular weight excluding hydrogens is 295 g/mol. The molecule has 1 heterocycles. The molecule has 0 bridgehead atoms. The number of para-hydroxylation sites is 1. The molecule has 1 saturated carbocycles. The van der Waals surface area contributed by atoms with Crippen LogP contribution in [0.2, 0.25) is 5.02 Å². The highest BCUT2D eigenvalue weighted by atomic mass is 35.5. The molecule has 1 saturated heterocycles. The highest BCUT2D eigenvalue weighted by molar-refractivity contribution is 6.34. The van der Waals surface area contributed by atoms with Gasteiger partial charge in [0.05, 0.1) is 10.7 Å². The van der Waals surface area contributed by atoms with E-state index in [1.807, 2.05) is 0 Å². The van der Waals surface area contributed by atoms with E-state index in [2.05, 4.69) is 5.32 Å². The number of carbonyl (C=O) groups is 2. The molecule has 1 aromatic carbocycles. The lowest BCUT2D eigenvalue weighted by Gasteiger charge is -2.43. The molecule has 112 valence electrons. The molecule has 3 rings (SSSR count). The number of hydrogen-bond donors (Lipinski definition) is 1. The van der Waals surface area contributed by atoms with E-state index < -0.39 is 17.4 Å². The highest BCUT2D eigenvalue weighted by Crippen LogP contribution is 2.44. The van der Waals surface area contributed by atoms with Crippen LogP contribution in [0.1, 0.15) is 26.7 Å². The molecule has 4 nitrogen and oxygen atoms in total.